The first-order chi connectivity index (χ1) is 12.1. The molecule has 142 valence electrons. The molecule has 0 aliphatic carbocycles. The van der Waals surface area contributed by atoms with Gasteiger partial charge in [-0.1, -0.05) is 5.21 Å². The molecule has 0 saturated carbocycles. The number of nitrogens with zero attached hydrogens (tertiary/aromatic N) is 3. The van der Waals surface area contributed by atoms with Crippen molar-refractivity contribution >= 4 is 11.7 Å². The van der Waals surface area contributed by atoms with Crippen LogP contribution in [0.15, 0.2) is 18.2 Å². The fraction of sp³-hybridized carbons (Fsp3) is 0.385. The van der Waals surface area contributed by atoms with E-state index < -0.39 is 36.2 Å². The average molecular weight is 380 g/mol. The molecule has 2 amide bonds. The Morgan fingerprint density at radius 1 is 1.35 bits per heavy atom. The van der Waals surface area contributed by atoms with E-state index in [2.05, 4.69) is 36.0 Å². The number of halogens is 5. The van der Waals surface area contributed by atoms with E-state index in [0.717, 1.165) is 6.07 Å². The minimum atomic E-state index is -4.94. The Bertz CT molecular complexity index is 737. The molecule has 0 saturated heterocycles. The molecular weight excluding hydrogens is 367 g/mol. The molecule has 1 unspecified atom stereocenters. The van der Waals surface area contributed by atoms with Crippen molar-refractivity contribution in [3.63, 3.8) is 0 Å². The van der Waals surface area contributed by atoms with Crippen LogP contribution in [0.2, 0.25) is 0 Å². The summed E-state index contributed by atoms with van der Waals surface area (Å²) in [5.74, 6) is -0.699. The van der Waals surface area contributed by atoms with Gasteiger partial charge in [-0.05, 0) is 25.1 Å². The summed E-state index contributed by atoms with van der Waals surface area (Å²) >= 11 is 0. The zero-order valence-electron chi connectivity index (χ0n) is 13.1. The molecule has 0 fully saturated rings. The first-order valence-electron chi connectivity index (χ1n) is 7.11. The van der Waals surface area contributed by atoms with Crippen LogP contribution in [0.25, 0.3) is 0 Å². The van der Waals surface area contributed by atoms with E-state index in [1.807, 2.05) is 0 Å². The number of hydrogen-bond donors (Lipinski definition) is 3. The van der Waals surface area contributed by atoms with Crippen LogP contribution in [0.1, 0.15) is 18.3 Å². The largest absolute Gasteiger partial charge is 0.434 e. The monoisotopic (exact) mass is 380 g/mol. The highest BCUT2D eigenvalue weighted by atomic mass is 19.4. The van der Waals surface area contributed by atoms with Crippen LogP contribution in [-0.2, 0) is 12.6 Å². The number of urea groups is 1. The van der Waals surface area contributed by atoms with Crippen molar-refractivity contribution in [2.45, 2.75) is 32.2 Å². The molecule has 1 aromatic heterocycles. The van der Waals surface area contributed by atoms with Gasteiger partial charge in [-0.2, -0.15) is 27.2 Å². The van der Waals surface area contributed by atoms with Crippen LogP contribution in [0.3, 0.4) is 0 Å². The van der Waals surface area contributed by atoms with E-state index in [9.17, 15) is 26.7 Å². The van der Waals surface area contributed by atoms with Crippen LogP contribution in [0, 0.1) is 0 Å². The van der Waals surface area contributed by atoms with Gasteiger partial charge < -0.3 is 15.4 Å². The number of H-pyrrole nitrogens is 1. The summed E-state index contributed by atoms with van der Waals surface area (Å²) in [7, 11) is 0. The number of anilines is 1. The zero-order valence-corrected chi connectivity index (χ0v) is 13.1. The van der Waals surface area contributed by atoms with Gasteiger partial charge in [-0.3, -0.25) is 0 Å². The highest BCUT2D eigenvalue weighted by Crippen LogP contribution is 2.38. The number of carbonyl (C=O) groups excluding carboxylic acids is 1. The maximum Gasteiger partial charge on any atom is 0.420 e. The number of rotatable bonds is 6. The molecule has 2 aromatic rings. The van der Waals surface area contributed by atoms with Gasteiger partial charge in [0, 0.05) is 18.2 Å². The lowest BCUT2D eigenvalue weighted by Crippen LogP contribution is -2.37. The van der Waals surface area contributed by atoms with Gasteiger partial charge in [0.2, 0.25) is 0 Å². The smallest absolute Gasteiger partial charge is 0.420 e. The summed E-state index contributed by atoms with van der Waals surface area (Å²) in [6.07, 6.45) is -4.71. The molecule has 1 aromatic carbocycles. The number of amides is 2. The normalized spacial score (nSPS) is 12.7. The molecule has 0 radical (unpaired) electrons. The van der Waals surface area contributed by atoms with Crippen LogP contribution < -0.4 is 15.4 Å². The molecule has 0 aliphatic heterocycles. The number of tetrazole rings is 1. The molecular formula is C13H13F5N6O2. The maximum absolute atomic E-state index is 13.0. The average Bonchev–Trinajstić information content (AvgIpc) is 2.99. The number of benzene rings is 1. The molecule has 3 N–H and O–H groups in total. The summed E-state index contributed by atoms with van der Waals surface area (Å²) < 4.78 is 67.2. The van der Waals surface area contributed by atoms with Gasteiger partial charge in [0.1, 0.15) is 5.75 Å². The Labute approximate surface area is 143 Å². The van der Waals surface area contributed by atoms with E-state index >= 15 is 0 Å². The lowest BCUT2D eigenvalue weighted by atomic mass is 10.1. The Kier molecular flexibility index (Phi) is 5.90. The van der Waals surface area contributed by atoms with Crippen LogP contribution in [0.4, 0.5) is 32.4 Å². The topological polar surface area (TPSA) is 105 Å². The standard InChI is InChI=1S/C13H13F5N6O2/c1-6(4-10-21-23-24-22-10)19-12(25)20-7-2-3-9(26-11(14)15)8(5-7)13(16,17)18/h2-3,5-6,11H,4H2,1H3,(H2,19,20,25)(H,21,22,23,24). The Hall–Kier alpha value is -2.99. The molecule has 1 atom stereocenters. The minimum absolute atomic E-state index is 0.235. The van der Waals surface area contributed by atoms with Crippen LogP contribution >= 0.6 is 0 Å². The van der Waals surface area contributed by atoms with Crippen LogP contribution in [-0.4, -0.2) is 39.3 Å². The quantitative estimate of drug-likeness (QED) is 0.668. The number of alkyl halides is 5. The predicted octanol–water partition coefficient (Wildman–Crippen LogP) is 2.57. The number of aromatic nitrogens is 4. The SMILES string of the molecule is CC(Cc1nn[nH]n1)NC(=O)Nc1ccc(OC(F)F)c(C(F)(F)F)c1. The molecule has 0 aliphatic rings. The van der Waals surface area contributed by atoms with Gasteiger partial charge in [0.15, 0.2) is 5.82 Å². The number of aromatic amines is 1. The van der Waals surface area contributed by atoms with E-state index in [-0.39, 0.29) is 12.1 Å². The summed E-state index contributed by atoms with van der Waals surface area (Å²) in [5, 5.41) is 17.6. The van der Waals surface area contributed by atoms with Gasteiger partial charge >= 0.3 is 18.8 Å². The third kappa shape index (κ3) is 5.53. The van der Waals surface area contributed by atoms with Gasteiger partial charge in [-0.15, -0.1) is 10.2 Å². The van der Waals surface area contributed by atoms with E-state index in [4.69, 9.17) is 0 Å². The maximum atomic E-state index is 13.0. The lowest BCUT2D eigenvalue weighted by Gasteiger charge is -2.16. The fourth-order valence-corrected chi connectivity index (χ4v) is 2.01. The Balaban J connectivity index is 2.05. The van der Waals surface area contributed by atoms with Crippen molar-refractivity contribution in [2.24, 2.45) is 0 Å². The van der Waals surface area contributed by atoms with E-state index in [1.54, 1.807) is 6.92 Å². The number of hydrogen-bond acceptors (Lipinski definition) is 5. The number of carbonyl (C=O) groups is 1. The highest BCUT2D eigenvalue weighted by molar-refractivity contribution is 5.89. The third-order valence-corrected chi connectivity index (χ3v) is 3.01. The predicted molar refractivity (Wildman–Crippen MR) is 77.6 cm³/mol. The second-order valence-electron chi connectivity index (χ2n) is 5.12. The van der Waals surface area contributed by atoms with Crippen molar-refractivity contribution < 1.29 is 31.5 Å². The van der Waals surface area contributed by atoms with Crippen molar-refractivity contribution in [2.75, 3.05) is 5.32 Å². The first kappa shape index (κ1) is 19.3. The second kappa shape index (κ2) is 7.93. The molecule has 26 heavy (non-hydrogen) atoms. The molecule has 1 heterocycles. The van der Waals surface area contributed by atoms with E-state index in [0.29, 0.717) is 18.0 Å². The molecule has 0 bridgehead atoms. The molecule has 13 heteroatoms. The summed E-state index contributed by atoms with van der Waals surface area (Å²) in [6, 6.07) is 0.970. The summed E-state index contributed by atoms with van der Waals surface area (Å²) in [6.45, 7) is -1.79. The van der Waals surface area contributed by atoms with E-state index in [1.165, 1.54) is 0 Å². The molecule has 0 spiro atoms. The number of ether oxygens (including phenoxy) is 1. The van der Waals surface area contributed by atoms with Crippen molar-refractivity contribution in [3.05, 3.63) is 29.6 Å². The Morgan fingerprint density at radius 2 is 2.08 bits per heavy atom. The first-order valence-corrected chi connectivity index (χ1v) is 7.11. The number of nitrogens with one attached hydrogen (secondary N) is 3. The van der Waals surface area contributed by atoms with Gasteiger partial charge in [0.25, 0.3) is 0 Å². The van der Waals surface area contributed by atoms with Crippen LogP contribution in [0.5, 0.6) is 5.75 Å². The molecule has 8 nitrogen and oxygen atoms in total. The van der Waals surface area contributed by atoms with Crippen molar-refractivity contribution in [1.82, 2.24) is 25.9 Å². The second-order valence-corrected chi connectivity index (χ2v) is 5.12. The third-order valence-electron chi connectivity index (χ3n) is 3.01. The Morgan fingerprint density at radius 3 is 2.65 bits per heavy atom. The molecule has 2 rings (SSSR count). The fourth-order valence-electron chi connectivity index (χ4n) is 2.01. The minimum Gasteiger partial charge on any atom is -0.434 e. The highest BCUT2D eigenvalue weighted by Gasteiger charge is 2.35. The van der Waals surface area contributed by atoms with Crippen molar-refractivity contribution in [1.29, 1.82) is 0 Å². The lowest BCUT2D eigenvalue weighted by molar-refractivity contribution is -0.141. The van der Waals surface area contributed by atoms with Gasteiger partial charge in [0.05, 0.1) is 5.56 Å². The summed E-state index contributed by atoms with van der Waals surface area (Å²) in [4.78, 5) is 11.9. The van der Waals surface area contributed by atoms with Crippen molar-refractivity contribution in [3.8, 4) is 5.75 Å². The zero-order chi connectivity index (χ0) is 19.3. The summed E-state index contributed by atoms with van der Waals surface area (Å²) in [5.41, 5.74) is -1.68. The van der Waals surface area contributed by atoms with Gasteiger partial charge in [-0.25, -0.2) is 4.79 Å².